The maximum atomic E-state index is 12.6. The fourth-order valence-corrected chi connectivity index (χ4v) is 3.59. The van der Waals surface area contributed by atoms with E-state index in [2.05, 4.69) is 10.2 Å². The highest BCUT2D eigenvalue weighted by molar-refractivity contribution is 5.86. The van der Waals surface area contributed by atoms with Gasteiger partial charge in [-0.1, -0.05) is 0 Å². The van der Waals surface area contributed by atoms with E-state index in [-0.39, 0.29) is 24.4 Å². The number of nitrogens with zero attached hydrogens (tertiary/aromatic N) is 2. The lowest BCUT2D eigenvalue weighted by molar-refractivity contribution is -0.139. The van der Waals surface area contributed by atoms with Crippen LogP contribution in [-0.4, -0.2) is 68.6 Å². The van der Waals surface area contributed by atoms with Crippen molar-refractivity contribution < 1.29 is 19.1 Å². The van der Waals surface area contributed by atoms with E-state index in [0.29, 0.717) is 19.6 Å². The predicted molar refractivity (Wildman–Crippen MR) is 92.7 cm³/mol. The molecule has 7 heteroatoms. The summed E-state index contributed by atoms with van der Waals surface area (Å²) < 4.78 is 10.9. The molecular weight excluding hydrogens is 322 g/mol. The zero-order valence-corrected chi connectivity index (χ0v) is 14.8. The second-order valence-electron chi connectivity index (χ2n) is 6.40. The van der Waals surface area contributed by atoms with Crippen LogP contribution in [0.2, 0.25) is 0 Å². The molecule has 0 aliphatic carbocycles. The van der Waals surface area contributed by atoms with Crippen LogP contribution in [0, 0.1) is 0 Å². The van der Waals surface area contributed by atoms with Gasteiger partial charge >= 0.3 is 0 Å². The molecule has 1 aromatic rings. The van der Waals surface area contributed by atoms with Gasteiger partial charge in [-0.2, -0.15) is 0 Å². The Morgan fingerprint density at radius 3 is 2.84 bits per heavy atom. The van der Waals surface area contributed by atoms with Gasteiger partial charge in [-0.25, -0.2) is 0 Å². The summed E-state index contributed by atoms with van der Waals surface area (Å²) in [6, 6.07) is 5.88. The Bertz CT molecular complexity index is 649. The minimum Gasteiger partial charge on any atom is -0.497 e. The molecular formula is C18H25N3O4. The van der Waals surface area contributed by atoms with Crippen LogP contribution in [0.1, 0.15) is 24.4 Å². The van der Waals surface area contributed by atoms with Crippen molar-refractivity contribution in [3.63, 3.8) is 0 Å². The first-order valence-corrected chi connectivity index (χ1v) is 8.63. The van der Waals surface area contributed by atoms with Crippen molar-refractivity contribution >= 4 is 11.8 Å². The molecule has 1 atom stereocenters. The third-order valence-corrected chi connectivity index (χ3v) is 4.89. The summed E-state index contributed by atoms with van der Waals surface area (Å²) in [6.07, 6.45) is 2.00. The second-order valence-corrected chi connectivity index (χ2v) is 6.40. The Morgan fingerprint density at radius 1 is 1.28 bits per heavy atom. The predicted octanol–water partition coefficient (Wildman–Crippen LogP) is 0.799. The van der Waals surface area contributed by atoms with E-state index in [0.717, 1.165) is 36.4 Å². The second kappa shape index (κ2) is 7.74. The summed E-state index contributed by atoms with van der Waals surface area (Å²) >= 11 is 0. The zero-order valence-electron chi connectivity index (χ0n) is 14.8. The highest BCUT2D eigenvalue weighted by Crippen LogP contribution is 2.38. The Hall–Kier alpha value is -2.28. The number of likely N-dealkylation sites (tertiary alicyclic amines) is 1. The van der Waals surface area contributed by atoms with E-state index in [4.69, 9.17) is 9.47 Å². The highest BCUT2D eigenvalue weighted by atomic mass is 16.5. The standard InChI is InChI=1S/C18H25N3O4/c1-24-13-5-6-16(25-2)14(10-13)15-4-3-8-20(15)12-18(23)21-9-7-19-17(22)11-21/h5-6,10,15H,3-4,7-9,11-12H2,1-2H3,(H,19,22)/t15-/m0/s1. The van der Waals surface area contributed by atoms with Crippen molar-refractivity contribution in [2.45, 2.75) is 18.9 Å². The smallest absolute Gasteiger partial charge is 0.239 e. The third-order valence-electron chi connectivity index (χ3n) is 4.89. The van der Waals surface area contributed by atoms with Crippen molar-refractivity contribution in [3.05, 3.63) is 23.8 Å². The quantitative estimate of drug-likeness (QED) is 0.853. The maximum Gasteiger partial charge on any atom is 0.239 e. The average molecular weight is 347 g/mol. The van der Waals surface area contributed by atoms with Crippen LogP contribution in [0.3, 0.4) is 0 Å². The summed E-state index contributed by atoms with van der Waals surface area (Å²) in [5.74, 6) is 1.50. The van der Waals surface area contributed by atoms with E-state index in [9.17, 15) is 9.59 Å². The number of piperazine rings is 1. The van der Waals surface area contributed by atoms with Crippen LogP contribution < -0.4 is 14.8 Å². The fourth-order valence-electron chi connectivity index (χ4n) is 3.59. The van der Waals surface area contributed by atoms with E-state index in [1.165, 1.54) is 0 Å². The molecule has 2 heterocycles. The van der Waals surface area contributed by atoms with Gasteiger partial charge in [0.2, 0.25) is 11.8 Å². The monoisotopic (exact) mass is 347 g/mol. The third kappa shape index (κ3) is 3.87. The molecule has 0 saturated carbocycles. The first-order chi connectivity index (χ1) is 12.1. The molecule has 2 amide bonds. The average Bonchev–Trinajstić information content (AvgIpc) is 3.09. The van der Waals surface area contributed by atoms with Gasteiger partial charge in [0.1, 0.15) is 11.5 Å². The van der Waals surface area contributed by atoms with Gasteiger partial charge < -0.3 is 19.7 Å². The van der Waals surface area contributed by atoms with Crippen molar-refractivity contribution in [2.75, 3.05) is 46.9 Å². The van der Waals surface area contributed by atoms with Crippen LogP contribution in [-0.2, 0) is 9.59 Å². The SMILES string of the molecule is COc1ccc(OC)c([C@@H]2CCCN2CC(=O)N2CCNC(=O)C2)c1. The lowest BCUT2D eigenvalue weighted by atomic mass is 10.0. The number of nitrogens with one attached hydrogen (secondary N) is 1. The molecule has 25 heavy (non-hydrogen) atoms. The minimum atomic E-state index is -0.0907. The van der Waals surface area contributed by atoms with Gasteiger partial charge in [-0.3, -0.25) is 14.5 Å². The van der Waals surface area contributed by atoms with Gasteiger partial charge in [0.15, 0.2) is 0 Å². The number of ether oxygens (including phenoxy) is 2. The summed E-state index contributed by atoms with van der Waals surface area (Å²) in [5, 5.41) is 2.75. The molecule has 0 unspecified atom stereocenters. The number of hydrogen-bond acceptors (Lipinski definition) is 5. The van der Waals surface area contributed by atoms with Gasteiger partial charge in [-0.05, 0) is 37.6 Å². The molecule has 3 rings (SSSR count). The molecule has 1 aromatic carbocycles. The number of amides is 2. The van der Waals surface area contributed by atoms with Gasteiger partial charge in [0, 0.05) is 24.7 Å². The molecule has 2 aliphatic heterocycles. The molecule has 0 radical (unpaired) electrons. The summed E-state index contributed by atoms with van der Waals surface area (Å²) in [5.41, 5.74) is 1.04. The molecule has 0 spiro atoms. The number of methoxy groups -OCH3 is 2. The molecule has 0 aromatic heterocycles. The molecule has 2 aliphatic rings. The molecule has 136 valence electrons. The Labute approximate surface area is 147 Å². The normalized spacial score (nSPS) is 21.1. The topological polar surface area (TPSA) is 71.1 Å². The first-order valence-electron chi connectivity index (χ1n) is 8.63. The zero-order chi connectivity index (χ0) is 17.8. The van der Waals surface area contributed by atoms with Crippen LogP contribution in [0.4, 0.5) is 0 Å². The van der Waals surface area contributed by atoms with Gasteiger partial charge in [0.25, 0.3) is 0 Å². The van der Waals surface area contributed by atoms with E-state index >= 15 is 0 Å². The number of hydrogen-bond donors (Lipinski definition) is 1. The maximum absolute atomic E-state index is 12.6. The Kier molecular flexibility index (Phi) is 5.43. The molecule has 7 nitrogen and oxygen atoms in total. The number of rotatable bonds is 5. The van der Waals surface area contributed by atoms with Crippen molar-refractivity contribution in [3.8, 4) is 11.5 Å². The summed E-state index contributed by atoms with van der Waals surface area (Å²) in [4.78, 5) is 27.9. The van der Waals surface area contributed by atoms with Crippen molar-refractivity contribution in [2.24, 2.45) is 0 Å². The molecule has 2 fully saturated rings. The molecule has 2 saturated heterocycles. The highest BCUT2D eigenvalue weighted by Gasteiger charge is 2.32. The van der Waals surface area contributed by atoms with Crippen molar-refractivity contribution in [1.82, 2.24) is 15.1 Å². The van der Waals surface area contributed by atoms with E-state index < -0.39 is 0 Å². The summed E-state index contributed by atoms with van der Waals surface area (Å²) in [6.45, 7) is 2.43. The van der Waals surface area contributed by atoms with Crippen LogP contribution in [0.15, 0.2) is 18.2 Å². The van der Waals surface area contributed by atoms with Gasteiger partial charge in [0.05, 0.1) is 27.3 Å². The Balaban J connectivity index is 1.74. The largest absolute Gasteiger partial charge is 0.497 e. The molecule has 0 bridgehead atoms. The van der Waals surface area contributed by atoms with E-state index in [1.807, 2.05) is 18.2 Å². The number of carbonyl (C=O) groups excluding carboxylic acids is 2. The number of carbonyl (C=O) groups is 2. The first kappa shape index (κ1) is 17.5. The minimum absolute atomic E-state index is 0.00335. The lowest BCUT2D eigenvalue weighted by Gasteiger charge is -2.31. The van der Waals surface area contributed by atoms with Crippen LogP contribution in [0.5, 0.6) is 11.5 Å². The molecule has 1 N–H and O–H groups in total. The van der Waals surface area contributed by atoms with Crippen molar-refractivity contribution in [1.29, 1.82) is 0 Å². The van der Waals surface area contributed by atoms with Gasteiger partial charge in [-0.15, -0.1) is 0 Å². The lowest BCUT2D eigenvalue weighted by Crippen LogP contribution is -2.52. The fraction of sp³-hybridized carbons (Fsp3) is 0.556. The Morgan fingerprint density at radius 2 is 2.12 bits per heavy atom. The van der Waals surface area contributed by atoms with E-state index in [1.54, 1.807) is 19.1 Å². The van der Waals surface area contributed by atoms with Crippen LogP contribution >= 0.6 is 0 Å². The number of benzene rings is 1. The van der Waals surface area contributed by atoms with Crippen LogP contribution in [0.25, 0.3) is 0 Å². The summed E-state index contributed by atoms with van der Waals surface area (Å²) in [7, 11) is 3.30.